The Kier molecular flexibility index (Phi) is 5.64. The fourth-order valence-electron chi connectivity index (χ4n) is 2.84. The van der Waals surface area contributed by atoms with Gasteiger partial charge in [-0.15, -0.1) is 0 Å². The van der Waals surface area contributed by atoms with Gasteiger partial charge < -0.3 is 16.4 Å². The molecule has 3 rings (SSSR count). The Morgan fingerprint density at radius 3 is 2.57 bits per heavy atom. The summed E-state index contributed by atoms with van der Waals surface area (Å²) in [5, 5.41) is 6.24. The summed E-state index contributed by atoms with van der Waals surface area (Å²) in [7, 11) is 0. The minimum atomic E-state index is -0.911. The summed E-state index contributed by atoms with van der Waals surface area (Å²) in [5.41, 5.74) is 7.73. The fourth-order valence-corrected chi connectivity index (χ4v) is 2.84. The predicted octanol–water partition coefficient (Wildman–Crippen LogP) is 2.02. The number of nitrogens with two attached hydrogens (primary N) is 1. The maximum Gasteiger partial charge on any atom is 0.252 e. The molecule has 7 heteroatoms. The topological polar surface area (TPSA) is 114 Å². The average Bonchev–Trinajstić information content (AvgIpc) is 2.67. The Morgan fingerprint density at radius 2 is 1.82 bits per heavy atom. The highest BCUT2D eigenvalue weighted by atomic mass is 16.2. The summed E-state index contributed by atoms with van der Waals surface area (Å²) in [4.78, 5) is 40.1. The van der Waals surface area contributed by atoms with Gasteiger partial charge >= 0.3 is 0 Å². The normalized spacial score (nSPS) is 11.6. The molecular weight excluding hydrogens is 356 g/mol. The standard InChI is InChI=1S/C21H20N4O3/c1-13(26)23-16-7-4-6-15(11-16)21(28)25-19(20(22)27)12-17-10-9-14-5-2-3-8-18(14)24-17/h2-11,19H,12H2,1H3,(H2,22,27)(H,23,26)(H,25,28)/t19-/m0/s1. The number of fused-ring (bicyclic) bond motifs is 1. The second-order valence-corrected chi connectivity index (χ2v) is 6.39. The van der Waals surface area contributed by atoms with Gasteiger partial charge in [-0.1, -0.05) is 30.3 Å². The first-order valence-corrected chi connectivity index (χ1v) is 8.75. The molecule has 0 aliphatic heterocycles. The van der Waals surface area contributed by atoms with Crippen LogP contribution in [-0.4, -0.2) is 28.7 Å². The van der Waals surface area contributed by atoms with E-state index in [1.54, 1.807) is 18.2 Å². The van der Waals surface area contributed by atoms with Crippen LogP contribution in [0.2, 0.25) is 0 Å². The highest BCUT2D eigenvalue weighted by molar-refractivity contribution is 5.99. The zero-order chi connectivity index (χ0) is 20.1. The summed E-state index contributed by atoms with van der Waals surface area (Å²) < 4.78 is 0. The lowest BCUT2D eigenvalue weighted by Gasteiger charge is -2.16. The van der Waals surface area contributed by atoms with Crippen LogP contribution in [0.15, 0.2) is 60.7 Å². The molecule has 0 aliphatic rings. The molecule has 7 nitrogen and oxygen atoms in total. The van der Waals surface area contributed by atoms with Crippen molar-refractivity contribution in [1.82, 2.24) is 10.3 Å². The lowest BCUT2D eigenvalue weighted by atomic mass is 10.1. The van der Waals surface area contributed by atoms with Crippen LogP contribution in [0.25, 0.3) is 10.9 Å². The van der Waals surface area contributed by atoms with Gasteiger partial charge in [0.15, 0.2) is 0 Å². The van der Waals surface area contributed by atoms with Crippen molar-refractivity contribution in [3.8, 4) is 0 Å². The van der Waals surface area contributed by atoms with E-state index in [1.165, 1.54) is 13.0 Å². The zero-order valence-electron chi connectivity index (χ0n) is 15.3. The molecule has 0 fully saturated rings. The van der Waals surface area contributed by atoms with Gasteiger partial charge in [-0.25, -0.2) is 0 Å². The SMILES string of the molecule is CC(=O)Nc1cccc(C(=O)N[C@@H](Cc2ccc3ccccc3n2)C(N)=O)c1. The van der Waals surface area contributed by atoms with Crippen molar-refractivity contribution >= 4 is 34.3 Å². The number of primary amides is 1. The molecule has 1 heterocycles. The van der Waals surface area contributed by atoms with Gasteiger partial charge in [0.05, 0.1) is 5.52 Å². The van der Waals surface area contributed by atoms with E-state index in [4.69, 9.17) is 5.73 Å². The Bertz CT molecular complexity index is 1050. The van der Waals surface area contributed by atoms with Crippen LogP contribution in [0.5, 0.6) is 0 Å². The Hall–Kier alpha value is -3.74. The number of carbonyl (C=O) groups excluding carboxylic acids is 3. The average molecular weight is 376 g/mol. The number of nitrogens with zero attached hydrogens (tertiary/aromatic N) is 1. The van der Waals surface area contributed by atoms with Crippen molar-refractivity contribution in [3.05, 3.63) is 71.9 Å². The summed E-state index contributed by atoms with van der Waals surface area (Å²) >= 11 is 0. The van der Waals surface area contributed by atoms with Gasteiger partial charge in [-0.3, -0.25) is 19.4 Å². The molecule has 0 bridgehead atoms. The third kappa shape index (κ3) is 4.70. The first-order valence-electron chi connectivity index (χ1n) is 8.75. The number of pyridine rings is 1. The van der Waals surface area contributed by atoms with Crippen LogP contribution in [0.1, 0.15) is 23.0 Å². The minimum absolute atomic E-state index is 0.178. The quantitative estimate of drug-likeness (QED) is 0.610. The molecule has 142 valence electrons. The minimum Gasteiger partial charge on any atom is -0.368 e. The lowest BCUT2D eigenvalue weighted by Crippen LogP contribution is -2.46. The molecule has 4 N–H and O–H groups in total. The third-order valence-electron chi connectivity index (χ3n) is 4.16. The number of anilines is 1. The van der Waals surface area contributed by atoms with E-state index in [0.717, 1.165) is 10.9 Å². The molecule has 28 heavy (non-hydrogen) atoms. The largest absolute Gasteiger partial charge is 0.368 e. The van der Waals surface area contributed by atoms with Gasteiger partial charge in [0, 0.05) is 35.7 Å². The van der Waals surface area contributed by atoms with Crippen molar-refractivity contribution in [2.45, 2.75) is 19.4 Å². The number of carbonyl (C=O) groups is 3. The zero-order valence-corrected chi connectivity index (χ0v) is 15.3. The van der Waals surface area contributed by atoms with Crippen LogP contribution in [0.3, 0.4) is 0 Å². The van der Waals surface area contributed by atoms with Crippen LogP contribution in [-0.2, 0) is 16.0 Å². The van der Waals surface area contributed by atoms with Gasteiger partial charge in [0.2, 0.25) is 11.8 Å². The highest BCUT2D eigenvalue weighted by Gasteiger charge is 2.20. The highest BCUT2D eigenvalue weighted by Crippen LogP contribution is 2.14. The van der Waals surface area contributed by atoms with E-state index in [0.29, 0.717) is 16.9 Å². The van der Waals surface area contributed by atoms with Crippen LogP contribution < -0.4 is 16.4 Å². The fraction of sp³-hybridized carbons (Fsp3) is 0.143. The molecule has 0 spiro atoms. The number of benzene rings is 2. The van der Waals surface area contributed by atoms with Crippen molar-refractivity contribution < 1.29 is 14.4 Å². The maximum absolute atomic E-state index is 12.5. The van der Waals surface area contributed by atoms with Crippen LogP contribution in [0, 0.1) is 0 Å². The number of para-hydroxylation sites is 1. The molecule has 3 aromatic rings. The predicted molar refractivity (Wildman–Crippen MR) is 107 cm³/mol. The Balaban J connectivity index is 1.76. The first kappa shape index (κ1) is 19.0. The number of rotatable bonds is 6. The molecular formula is C21H20N4O3. The lowest BCUT2D eigenvalue weighted by molar-refractivity contribution is -0.119. The molecule has 0 aliphatic carbocycles. The van der Waals surface area contributed by atoms with E-state index < -0.39 is 17.9 Å². The number of aromatic nitrogens is 1. The maximum atomic E-state index is 12.5. The van der Waals surface area contributed by atoms with Crippen molar-refractivity contribution in [3.63, 3.8) is 0 Å². The number of hydrogen-bond acceptors (Lipinski definition) is 4. The third-order valence-corrected chi connectivity index (χ3v) is 4.16. The van der Waals surface area contributed by atoms with E-state index in [2.05, 4.69) is 15.6 Å². The number of nitrogens with one attached hydrogen (secondary N) is 2. The molecule has 1 aromatic heterocycles. The molecule has 0 saturated heterocycles. The molecule has 2 aromatic carbocycles. The summed E-state index contributed by atoms with van der Waals surface area (Å²) in [5.74, 6) is -1.35. The number of amides is 3. The Labute approximate surface area is 162 Å². The molecule has 1 atom stereocenters. The van der Waals surface area contributed by atoms with Gasteiger partial charge in [0.25, 0.3) is 5.91 Å². The Morgan fingerprint density at radius 1 is 1.04 bits per heavy atom. The van der Waals surface area contributed by atoms with Crippen molar-refractivity contribution in [2.75, 3.05) is 5.32 Å². The van der Waals surface area contributed by atoms with E-state index in [-0.39, 0.29) is 12.3 Å². The van der Waals surface area contributed by atoms with Gasteiger partial charge in [-0.05, 0) is 30.3 Å². The van der Waals surface area contributed by atoms with E-state index in [1.807, 2.05) is 36.4 Å². The van der Waals surface area contributed by atoms with E-state index in [9.17, 15) is 14.4 Å². The van der Waals surface area contributed by atoms with Crippen molar-refractivity contribution in [2.24, 2.45) is 5.73 Å². The number of hydrogen-bond donors (Lipinski definition) is 3. The van der Waals surface area contributed by atoms with E-state index >= 15 is 0 Å². The van der Waals surface area contributed by atoms with Gasteiger partial charge in [-0.2, -0.15) is 0 Å². The molecule has 0 unspecified atom stereocenters. The smallest absolute Gasteiger partial charge is 0.252 e. The first-order chi connectivity index (χ1) is 13.4. The molecule has 3 amide bonds. The summed E-state index contributed by atoms with van der Waals surface area (Å²) in [6, 6.07) is 16.9. The van der Waals surface area contributed by atoms with Crippen LogP contribution in [0.4, 0.5) is 5.69 Å². The second-order valence-electron chi connectivity index (χ2n) is 6.39. The molecule has 0 radical (unpaired) electrons. The second kappa shape index (κ2) is 8.30. The summed E-state index contributed by atoms with van der Waals surface area (Å²) in [6.07, 6.45) is 0.178. The summed E-state index contributed by atoms with van der Waals surface area (Å²) in [6.45, 7) is 1.38. The van der Waals surface area contributed by atoms with Crippen molar-refractivity contribution in [1.29, 1.82) is 0 Å². The van der Waals surface area contributed by atoms with Crippen LogP contribution >= 0.6 is 0 Å². The molecule has 0 saturated carbocycles. The monoisotopic (exact) mass is 376 g/mol. The van der Waals surface area contributed by atoms with Gasteiger partial charge in [0.1, 0.15) is 6.04 Å².